The van der Waals surface area contributed by atoms with E-state index in [9.17, 15) is 0 Å². The van der Waals surface area contributed by atoms with Crippen molar-refractivity contribution in [2.24, 2.45) is 51.8 Å². The summed E-state index contributed by atoms with van der Waals surface area (Å²) >= 11 is 0. The minimum atomic E-state index is 0.586. The van der Waals surface area contributed by atoms with Gasteiger partial charge in [-0.15, -0.1) is 0 Å². The molecule has 0 spiro atoms. The highest BCUT2D eigenvalue weighted by Gasteiger charge is 2.57. The summed E-state index contributed by atoms with van der Waals surface area (Å²) in [6.07, 6.45) is 12.4. The number of nitrogens with zero attached hydrogens (tertiary/aromatic N) is 1. The Morgan fingerprint density at radius 3 is 2.46 bits per heavy atom. The molecule has 4 aliphatic rings. The van der Waals surface area contributed by atoms with Crippen molar-refractivity contribution in [3.8, 4) is 0 Å². The Morgan fingerprint density at radius 1 is 1.08 bits per heavy atom. The first-order valence-electron chi connectivity index (χ1n) is 10.6. The fraction of sp³-hybridized carbons (Fsp3) is 0.870. The summed E-state index contributed by atoms with van der Waals surface area (Å²) in [4.78, 5) is 4.49. The van der Waals surface area contributed by atoms with Gasteiger partial charge in [0.2, 0.25) is 0 Å². The number of aliphatic imine (C=N–C) groups is 1. The van der Waals surface area contributed by atoms with Crippen LogP contribution in [0.1, 0.15) is 72.6 Å². The molecule has 0 aliphatic heterocycles. The van der Waals surface area contributed by atoms with E-state index in [1.165, 1.54) is 50.7 Å². The van der Waals surface area contributed by atoms with Crippen LogP contribution in [0.4, 0.5) is 0 Å². The molecule has 0 bridgehead atoms. The number of fused-ring (bicyclic) bond motifs is 3. The summed E-state index contributed by atoms with van der Waals surface area (Å²) in [7, 11) is 1.97. The van der Waals surface area contributed by atoms with Gasteiger partial charge in [-0.3, -0.25) is 4.99 Å². The monoisotopic (exact) mass is 327 g/mol. The van der Waals surface area contributed by atoms with E-state index in [1.807, 2.05) is 7.05 Å². The Hall–Kier alpha value is -0.590. The molecule has 3 saturated carbocycles. The molecular weight excluding hydrogens is 290 g/mol. The molecule has 0 radical (unpaired) electrons. The highest BCUT2D eigenvalue weighted by Crippen LogP contribution is 2.65. The zero-order valence-corrected chi connectivity index (χ0v) is 16.5. The van der Waals surface area contributed by atoms with Crippen molar-refractivity contribution in [3.63, 3.8) is 0 Å². The molecule has 3 fully saturated rings. The smallest absolute Gasteiger partial charge is 0.0344 e. The van der Waals surface area contributed by atoms with Crippen LogP contribution in [0, 0.1) is 46.8 Å². The summed E-state index contributed by atoms with van der Waals surface area (Å²) in [5, 5.41) is 0. The Balaban J connectivity index is 1.64. The molecule has 1 nitrogen and oxygen atoms in total. The van der Waals surface area contributed by atoms with Gasteiger partial charge in [-0.1, -0.05) is 33.3 Å². The van der Waals surface area contributed by atoms with E-state index < -0.39 is 0 Å². The maximum Gasteiger partial charge on any atom is 0.0344 e. The lowest BCUT2D eigenvalue weighted by Crippen LogP contribution is -2.49. The molecule has 0 heterocycles. The SMILES string of the molecule is CN=C1C=C2CCC3C(CCC(C)(C(C)C)C3C3CC3C)C2CC1. The van der Waals surface area contributed by atoms with Gasteiger partial charge in [-0.2, -0.15) is 0 Å². The van der Waals surface area contributed by atoms with Gasteiger partial charge in [-0.05, 0) is 97.9 Å². The minimum absolute atomic E-state index is 0.586. The average Bonchev–Trinajstić information content (AvgIpc) is 3.29. The largest absolute Gasteiger partial charge is 0.293 e. The van der Waals surface area contributed by atoms with Crippen molar-refractivity contribution >= 4 is 5.71 Å². The lowest BCUT2D eigenvalue weighted by molar-refractivity contribution is -0.0600. The Kier molecular flexibility index (Phi) is 4.21. The fourth-order valence-electron chi connectivity index (χ4n) is 6.98. The number of hydrogen-bond donors (Lipinski definition) is 0. The molecule has 0 N–H and O–H groups in total. The molecule has 0 amide bonds. The zero-order chi connectivity index (χ0) is 17.1. The van der Waals surface area contributed by atoms with Crippen molar-refractivity contribution < 1.29 is 0 Å². The summed E-state index contributed by atoms with van der Waals surface area (Å²) in [5.41, 5.74) is 3.71. The van der Waals surface area contributed by atoms with Gasteiger partial charge < -0.3 is 0 Å². The number of rotatable bonds is 2. The van der Waals surface area contributed by atoms with Gasteiger partial charge in [0.15, 0.2) is 0 Å². The minimum Gasteiger partial charge on any atom is -0.293 e. The molecule has 7 unspecified atom stereocenters. The van der Waals surface area contributed by atoms with Gasteiger partial charge >= 0.3 is 0 Å². The lowest BCUT2D eigenvalue weighted by atomic mass is 9.48. The van der Waals surface area contributed by atoms with Crippen molar-refractivity contribution in [2.45, 2.75) is 72.6 Å². The third-order valence-corrected chi connectivity index (χ3v) is 8.85. The first-order chi connectivity index (χ1) is 11.5. The van der Waals surface area contributed by atoms with Crippen molar-refractivity contribution in [1.29, 1.82) is 0 Å². The first kappa shape index (κ1) is 16.9. The van der Waals surface area contributed by atoms with Gasteiger partial charge in [0, 0.05) is 12.8 Å². The Bertz CT molecular complexity index is 556. The summed E-state index contributed by atoms with van der Waals surface area (Å²) in [6, 6.07) is 0. The van der Waals surface area contributed by atoms with Crippen molar-refractivity contribution in [3.05, 3.63) is 11.6 Å². The lowest BCUT2D eigenvalue weighted by Gasteiger charge is -2.57. The Morgan fingerprint density at radius 2 is 1.83 bits per heavy atom. The molecule has 0 saturated heterocycles. The van der Waals surface area contributed by atoms with E-state index >= 15 is 0 Å². The zero-order valence-electron chi connectivity index (χ0n) is 16.5. The van der Waals surface area contributed by atoms with Crippen LogP contribution in [0.25, 0.3) is 0 Å². The molecule has 24 heavy (non-hydrogen) atoms. The first-order valence-corrected chi connectivity index (χ1v) is 10.6. The quantitative estimate of drug-likeness (QED) is 0.577. The topological polar surface area (TPSA) is 12.4 Å². The summed E-state index contributed by atoms with van der Waals surface area (Å²) < 4.78 is 0. The van der Waals surface area contributed by atoms with Crippen LogP contribution in [0.5, 0.6) is 0 Å². The summed E-state index contributed by atoms with van der Waals surface area (Å²) in [5.74, 6) is 6.73. The maximum atomic E-state index is 4.49. The van der Waals surface area contributed by atoms with Gasteiger partial charge in [0.1, 0.15) is 0 Å². The molecular formula is C23H37N. The van der Waals surface area contributed by atoms with Crippen molar-refractivity contribution in [2.75, 3.05) is 7.05 Å². The Labute approximate surface area is 149 Å². The van der Waals surface area contributed by atoms with E-state index in [0.717, 1.165) is 41.4 Å². The molecule has 0 aromatic heterocycles. The molecule has 0 aromatic carbocycles. The van der Waals surface area contributed by atoms with Crippen molar-refractivity contribution in [1.82, 2.24) is 0 Å². The number of hydrogen-bond acceptors (Lipinski definition) is 1. The number of allylic oxidation sites excluding steroid dienone is 2. The molecule has 4 aliphatic carbocycles. The highest BCUT2D eigenvalue weighted by atomic mass is 14.7. The van der Waals surface area contributed by atoms with Gasteiger partial charge in [-0.25, -0.2) is 0 Å². The second-order valence-corrected chi connectivity index (χ2v) is 10.0. The van der Waals surface area contributed by atoms with Crippen LogP contribution >= 0.6 is 0 Å². The van der Waals surface area contributed by atoms with Crippen LogP contribution in [0.3, 0.4) is 0 Å². The van der Waals surface area contributed by atoms with Crippen LogP contribution in [0.15, 0.2) is 16.6 Å². The third-order valence-electron chi connectivity index (χ3n) is 8.85. The fourth-order valence-corrected chi connectivity index (χ4v) is 6.98. The third kappa shape index (κ3) is 2.53. The van der Waals surface area contributed by atoms with E-state index in [2.05, 4.69) is 38.8 Å². The highest BCUT2D eigenvalue weighted by molar-refractivity contribution is 5.96. The van der Waals surface area contributed by atoms with Crippen LogP contribution < -0.4 is 0 Å². The van der Waals surface area contributed by atoms with E-state index in [-0.39, 0.29) is 0 Å². The normalized spacial score (nSPS) is 49.6. The predicted molar refractivity (Wildman–Crippen MR) is 103 cm³/mol. The van der Waals surface area contributed by atoms with Crippen LogP contribution in [-0.2, 0) is 0 Å². The molecule has 4 rings (SSSR count). The van der Waals surface area contributed by atoms with Gasteiger partial charge in [0.25, 0.3) is 0 Å². The van der Waals surface area contributed by atoms with Gasteiger partial charge in [0.05, 0.1) is 0 Å². The van der Waals surface area contributed by atoms with E-state index in [1.54, 1.807) is 5.57 Å². The standard InChI is InChI=1S/C23H37N/c1-14(2)23(4)11-10-19-18-9-7-17(24-5)13-16(18)6-8-20(19)22(23)21-12-15(21)3/h13-15,18-22H,6-12H2,1-5H3. The van der Waals surface area contributed by atoms with E-state index in [0.29, 0.717) is 5.41 Å². The molecule has 0 aromatic rings. The molecule has 1 heteroatoms. The van der Waals surface area contributed by atoms with Crippen LogP contribution in [0.2, 0.25) is 0 Å². The molecule has 134 valence electrons. The molecule has 7 atom stereocenters. The second-order valence-electron chi connectivity index (χ2n) is 10.0. The summed E-state index contributed by atoms with van der Waals surface area (Å²) in [6.45, 7) is 10.2. The predicted octanol–water partition coefficient (Wildman–Crippen LogP) is 6.15. The van der Waals surface area contributed by atoms with Crippen LogP contribution in [-0.4, -0.2) is 12.8 Å². The second kappa shape index (κ2) is 5.99. The maximum absolute atomic E-state index is 4.49. The average molecular weight is 328 g/mol. The van der Waals surface area contributed by atoms with E-state index in [4.69, 9.17) is 0 Å².